The number of carbonyl (C=O) groups is 1. The number of ether oxygens (including phenoxy) is 1. The van der Waals surface area contributed by atoms with E-state index in [1.165, 1.54) is 18.4 Å². The van der Waals surface area contributed by atoms with Crippen LogP contribution >= 0.6 is 0 Å². The second-order valence-electron chi connectivity index (χ2n) is 7.18. The van der Waals surface area contributed by atoms with Gasteiger partial charge in [0, 0.05) is 17.6 Å². The third-order valence-electron chi connectivity index (χ3n) is 5.60. The molecule has 1 amide bonds. The van der Waals surface area contributed by atoms with Gasteiger partial charge in [0.1, 0.15) is 12.4 Å². The van der Waals surface area contributed by atoms with Gasteiger partial charge in [0.2, 0.25) is 0 Å². The number of para-hydroxylation sites is 1. The van der Waals surface area contributed by atoms with E-state index in [9.17, 15) is 4.79 Å². The molecule has 134 valence electrons. The van der Waals surface area contributed by atoms with Crippen molar-refractivity contribution in [3.05, 3.63) is 71.3 Å². The van der Waals surface area contributed by atoms with E-state index >= 15 is 0 Å². The minimum absolute atomic E-state index is 0.415. The Kier molecular flexibility index (Phi) is 4.51. The Morgan fingerprint density at radius 2 is 1.96 bits per heavy atom. The van der Waals surface area contributed by atoms with Crippen molar-refractivity contribution in [3.8, 4) is 5.75 Å². The first-order valence-electron chi connectivity index (χ1n) is 9.16. The quantitative estimate of drug-likeness (QED) is 0.898. The lowest BCUT2D eigenvalue weighted by atomic mass is 9.93. The monoisotopic (exact) mass is 348 g/mol. The molecule has 26 heavy (non-hydrogen) atoms. The Morgan fingerprint density at radius 3 is 2.69 bits per heavy atom. The molecule has 1 fully saturated rings. The number of primary amides is 1. The highest BCUT2D eigenvalue weighted by Crippen LogP contribution is 2.41. The lowest BCUT2D eigenvalue weighted by Gasteiger charge is -2.31. The molecule has 2 heterocycles. The van der Waals surface area contributed by atoms with Crippen molar-refractivity contribution in [2.24, 2.45) is 5.73 Å². The molecule has 2 atom stereocenters. The first-order valence-corrected chi connectivity index (χ1v) is 9.16. The van der Waals surface area contributed by atoms with Crippen molar-refractivity contribution >= 4 is 11.5 Å². The van der Waals surface area contributed by atoms with E-state index in [1.54, 1.807) is 6.07 Å². The van der Waals surface area contributed by atoms with Crippen molar-refractivity contribution < 1.29 is 9.53 Å². The third-order valence-corrected chi connectivity index (χ3v) is 5.60. The van der Waals surface area contributed by atoms with Gasteiger partial charge in [0.25, 0.3) is 5.91 Å². The standard InChI is InChI=1S/C22H24N2O2/c1-24-17-10-11-18(24)13-16(12-17)19-8-5-9-20(22(23)25)21(19)26-14-15-6-3-2-4-7-15/h2-9,12,17-18H,10-11,13-14H2,1H3,(H2,23,25)/t17-,18+/m0/s1. The molecule has 0 spiro atoms. The summed E-state index contributed by atoms with van der Waals surface area (Å²) in [5.74, 6) is 0.158. The number of likely N-dealkylation sites (N-methyl/N-ethyl adjacent to an activating group) is 1. The van der Waals surface area contributed by atoms with Crippen LogP contribution in [0.25, 0.3) is 5.57 Å². The normalized spacial score (nSPS) is 22.1. The summed E-state index contributed by atoms with van der Waals surface area (Å²) in [6.45, 7) is 0.415. The smallest absolute Gasteiger partial charge is 0.252 e. The van der Waals surface area contributed by atoms with Crippen molar-refractivity contribution in [3.63, 3.8) is 0 Å². The SMILES string of the molecule is CN1[C@@H]2CC[C@H]1C=C(c1cccc(C(N)=O)c1OCc1ccccc1)C2. The molecule has 4 nitrogen and oxygen atoms in total. The summed E-state index contributed by atoms with van der Waals surface area (Å²) in [4.78, 5) is 14.4. The highest BCUT2D eigenvalue weighted by molar-refractivity contribution is 5.97. The number of fused-ring (bicyclic) bond motifs is 2. The van der Waals surface area contributed by atoms with Crippen LogP contribution in [0.5, 0.6) is 5.75 Å². The van der Waals surface area contributed by atoms with Gasteiger partial charge in [-0.05, 0) is 43.5 Å². The second-order valence-corrected chi connectivity index (χ2v) is 7.18. The largest absolute Gasteiger partial charge is 0.487 e. The Labute approximate surface area is 154 Å². The Balaban J connectivity index is 1.69. The van der Waals surface area contributed by atoms with Crippen molar-refractivity contribution in [2.75, 3.05) is 7.05 Å². The summed E-state index contributed by atoms with van der Waals surface area (Å²) >= 11 is 0. The van der Waals surface area contributed by atoms with E-state index in [4.69, 9.17) is 10.5 Å². The summed E-state index contributed by atoms with van der Waals surface area (Å²) in [7, 11) is 2.20. The average Bonchev–Trinajstić information content (AvgIpc) is 2.87. The van der Waals surface area contributed by atoms with Gasteiger partial charge >= 0.3 is 0 Å². The number of nitrogens with zero attached hydrogens (tertiary/aromatic N) is 1. The van der Waals surface area contributed by atoms with Crippen molar-refractivity contribution in [2.45, 2.75) is 38.0 Å². The number of benzene rings is 2. The first-order chi connectivity index (χ1) is 12.6. The molecule has 1 saturated heterocycles. The number of rotatable bonds is 5. The van der Waals surface area contributed by atoms with Gasteiger partial charge < -0.3 is 10.5 Å². The molecular weight excluding hydrogens is 324 g/mol. The van der Waals surface area contributed by atoms with Crippen LogP contribution in [0, 0.1) is 0 Å². The summed E-state index contributed by atoms with van der Waals surface area (Å²) in [6, 6.07) is 16.7. The van der Waals surface area contributed by atoms with E-state index in [1.807, 2.05) is 42.5 Å². The number of hydrogen-bond donors (Lipinski definition) is 1. The highest BCUT2D eigenvalue weighted by atomic mass is 16.5. The average molecular weight is 348 g/mol. The van der Waals surface area contributed by atoms with Crippen LogP contribution in [-0.4, -0.2) is 29.9 Å². The Bertz CT molecular complexity index is 844. The molecule has 0 aliphatic carbocycles. The lowest BCUT2D eigenvalue weighted by molar-refractivity contribution is 0.0996. The van der Waals surface area contributed by atoms with Crippen LogP contribution in [0.15, 0.2) is 54.6 Å². The van der Waals surface area contributed by atoms with Crippen LogP contribution in [0.1, 0.15) is 40.7 Å². The Hall–Kier alpha value is -2.59. The van der Waals surface area contributed by atoms with Gasteiger partial charge in [-0.15, -0.1) is 0 Å². The molecule has 2 aromatic rings. The number of hydrogen-bond acceptors (Lipinski definition) is 3. The number of amides is 1. The van der Waals surface area contributed by atoms with Crippen LogP contribution in [0.4, 0.5) is 0 Å². The molecule has 0 aromatic heterocycles. The fraction of sp³-hybridized carbons (Fsp3) is 0.318. The van der Waals surface area contributed by atoms with E-state index in [-0.39, 0.29) is 0 Å². The van der Waals surface area contributed by atoms with Gasteiger partial charge in [-0.3, -0.25) is 9.69 Å². The maximum atomic E-state index is 12.0. The second kappa shape index (κ2) is 6.96. The zero-order chi connectivity index (χ0) is 18.1. The zero-order valence-corrected chi connectivity index (χ0v) is 15.0. The molecule has 2 aliphatic rings. The summed E-state index contributed by atoms with van der Waals surface area (Å²) < 4.78 is 6.13. The molecule has 0 unspecified atom stereocenters. The molecule has 4 heteroatoms. The van der Waals surface area contributed by atoms with Gasteiger partial charge in [-0.2, -0.15) is 0 Å². The maximum absolute atomic E-state index is 12.0. The molecule has 2 aromatic carbocycles. The first kappa shape index (κ1) is 16.9. The van der Waals surface area contributed by atoms with Crippen LogP contribution < -0.4 is 10.5 Å². The molecular formula is C22H24N2O2. The van der Waals surface area contributed by atoms with Crippen LogP contribution in [0.2, 0.25) is 0 Å². The number of carbonyl (C=O) groups excluding carboxylic acids is 1. The molecule has 2 aliphatic heterocycles. The lowest BCUT2D eigenvalue weighted by Crippen LogP contribution is -2.34. The van der Waals surface area contributed by atoms with Crippen LogP contribution in [-0.2, 0) is 6.61 Å². The number of nitrogens with two attached hydrogens (primary N) is 1. The van der Waals surface area contributed by atoms with Gasteiger partial charge in [-0.1, -0.05) is 48.5 Å². The minimum atomic E-state index is -0.452. The zero-order valence-electron chi connectivity index (χ0n) is 15.0. The van der Waals surface area contributed by atoms with E-state index < -0.39 is 5.91 Å². The minimum Gasteiger partial charge on any atom is -0.487 e. The van der Waals surface area contributed by atoms with E-state index in [0.717, 1.165) is 17.5 Å². The molecule has 2 N–H and O–H groups in total. The predicted molar refractivity (Wildman–Crippen MR) is 103 cm³/mol. The molecule has 4 rings (SSSR count). The summed E-state index contributed by atoms with van der Waals surface area (Å²) in [6.07, 6.45) is 5.73. The topological polar surface area (TPSA) is 55.6 Å². The van der Waals surface area contributed by atoms with Gasteiger partial charge in [0.15, 0.2) is 0 Å². The fourth-order valence-corrected chi connectivity index (χ4v) is 4.11. The van der Waals surface area contributed by atoms with Gasteiger partial charge in [0.05, 0.1) is 5.56 Å². The molecule has 2 bridgehead atoms. The summed E-state index contributed by atoms with van der Waals surface area (Å²) in [5.41, 5.74) is 9.41. The maximum Gasteiger partial charge on any atom is 0.252 e. The highest BCUT2D eigenvalue weighted by Gasteiger charge is 2.35. The third kappa shape index (κ3) is 3.13. The Morgan fingerprint density at radius 1 is 1.15 bits per heavy atom. The van der Waals surface area contributed by atoms with Crippen LogP contribution in [0.3, 0.4) is 0 Å². The van der Waals surface area contributed by atoms with Crippen molar-refractivity contribution in [1.29, 1.82) is 0 Å². The van der Waals surface area contributed by atoms with E-state index in [2.05, 4.69) is 18.0 Å². The van der Waals surface area contributed by atoms with Crippen molar-refractivity contribution in [1.82, 2.24) is 4.90 Å². The van der Waals surface area contributed by atoms with Gasteiger partial charge in [-0.25, -0.2) is 0 Å². The fourth-order valence-electron chi connectivity index (χ4n) is 4.11. The molecule has 0 radical (unpaired) electrons. The molecule has 0 saturated carbocycles. The predicted octanol–water partition coefficient (Wildman–Crippen LogP) is 3.61. The summed E-state index contributed by atoms with van der Waals surface area (Å²) in [5, 5.41) is 0. The van der Waals surface area contributed by atoms with E-state index in [0.29, 0.717) is 30.0 Å².